The Balaban J connectivity index is 2.06. The fourth-order valence-corrected chi connectivity index (χ4v) is 3.32. The Morgan fingerprint density at radius 2 is 1.89 bits per heavy atom. The largest absolute Gasteiger partial charge is 0.459 e. The third-order valence-corrected chi connectivity index (χ3v) is 4.54. The third kappa shape index (κ3) is 3.50. The van der Waals surface area contributed by atoms with Crippen LogP contribution in [-0.2, 0) is 4.74 Å². The predicted molar refractivity (Wildman–Crippen MR) is 79.9 cm³/mol. The van der Waals surface area contributed by atoms with Crippen LogP contribution in [0.15, 0.2) is 22.7 Å². The Morgan fingerprint density at radius 3 is 2.53 bits per heavy atom. The fourth-order valence-electron chi connectivity index (χ4n) is 2.89. The molecule has 1 aliphatic carbocycles. The number of rotatable bonds is 2. The second kappa shape index (κ2) is 5.95. The number of hydrogen-bond donors (Lipinski definition) is 1. The summed E-state index contributed by atoms with van der Waals surface area (Å²) < 4.78 is 6.25. The van der Waals surface area contributed by atoms with Crippen LogP contribution in [0, 0.1) is 11.8 Å². The van der Waals surface area contributed by atoms with E-state index >= 15 is 0 Å². The van der Waals surface area contributed by atoms with Gasteiger partial charge in [0.1, 0.15) is 6.10 Å². The molecule has 1 fully saturated rings. The molecule has 3 nitrogen and oxygen atoms in total. The van der Waals surface area contributed by atoms with E-state index in [1.165, 1.54) is 6.42 Å². The van der Waals surface area contributed by atoms with E-state index < -0.39 is 0 Å². The van der Waals surface area contributed by atoms with Crippen molar-refractivity contribution in [3.8, 4) is 0 Å². The Labute approximate surface area is 122 Å². The van der Waals surface area contributed by atoms with Crippen LogP contribution in [0.4, 0.5) is 5.69 Å². The van der Waals surface area contributed by atoms with Gasteiger partial charge in [-0.3, -0.25) is 0 Å². The van der Waals surface area contributed by atoms with Crippen LogP contribution in [0.25, 0.3) is 0 Å². The van der Waals surface area contributed by atoms with Crippen molar-refractivity contribution in [1.82, 2.24) is 0 Å². The summed E-state index contributed by atoms with van der Waals surface area (Å²) >= 11 is 3.34. The number of esters is 1. The van der Waals surface area contributed by atoms with Crippen LogP contribution in [0.2, 0.25) is 0 Å². The van der Waals surface area contributed by atoms with Crippen molar-refractivity contribution in [2.24, 2.45) is 11.8 Å². The number of carbonyl (C=O) groups excluding carboxylic acids is 1. The summed E-state index contributed by atoms with van der Waals surface area (Å²) in [6.45, 7) is 4.43. The molecule has 0 heterocycles. The van der Waals surface area contributed by atoms with Gasteiger partial charge in [0.15, 0.2) is 0 Å². The zero-order valence-corrected chi connectivity index (χ0v) is 12.9. The molecular weight excluding hydrogens is 306 g/mol. The van der Waals surface area contributed by atoms with E-state index in [2.05, 4.69) is 29.8 Å². The number of anilines is 1. The van der Waals surface area contributed by atoms with Crippen molar-refractivity contribution in [3.05, 3.63) is 28.2 Å². The third-order valence-electron chi connectivity index (χ3n) is 3.66. The molecule has 0 spiro atoms. The maximum Gasteiger partial charge on any atom is 0.339 e. The average Bonchev–Trinajstić information content (AvgIpc) is 2.31. The Hall–Kier alpha value is -1.03. The average molecular weight is 326 g/mol. The second-order valence-corrected chi connectivity index (χ2v) is 6.45. The smallest absolute Gasteiger partial charge is 0.339 e. The molecule has 104 valence electrons. The lowest BCUT2D eigenvalue weighted by Gasteiger charge is -2.31. The molecule has 0 aromatic heterocycles. The maximum atomic E-state index is 12.2. The van der Waals surface area contributed by atoms with Crippen LogP contribution in [0.5, 0.6) is 0 Å². The number of carbonyl (C=O) groups is 1. The van der Waals surface area contributed by atoms with Gasteiger partial charge in [-0.1, -0.05) is 19.9 Å². The van der Waals surface area contributed by atoms with E-state index in [0.29, 0.717) is 27.6 Å². The molecule has 0 bridgehead atoms. The summed E-state index contributed by atoms with van der Waals surface area (Å²) in [5, 5.41) is 0. The molecule has 0 aliphatic heterocycles. The summed E-state index contributed by atoms with van der Waals surface area (Å²) in [7, 11) is 0. The van der Waals surface area contributed by atoms with Gasteiger partial charge in [-0.05, 0) is 59.2 Å². The Kier molecular flexibility index (Phi) is 4.50. The van der Waals surface area contributed by atoms with Gasteiger partial charge in [0.2, 0.25) is 0 Å². The van der Waals surface area contributed by atoms with E-state index in [-0.39, 0.29) is 12.1 Å². The summed E-state index contributed by atoms with van der Waals surface area (Å²) in [5.41, 5.74) is 6.84. The first kappa shape index (κ1) is 14.4. The van der Waals surface area contributed by atoms with Crippen molar-refractivity contribution in [2.75, 3.05) is 5.73 Å². The highest BCUT2D eigenvalue weighted by Gasteiger charge is 2.27. The highest BCUT2D eigenvalue weighted by Crippen LogP contribution is 2.32. The van der Waals surface area contributed by atoms with E-state index in [1.54, 1.807) is 18.2 Å². The number of nitrogen functional groups attached to an aromatic ring is 1. The first-order valence-corrected chi connectivity index (χ1v) is 7.51. The molecule has 1 aliphatic rings. The molecule has 1 aromatic rings. The molecule has 4 heteroatoms. The molecular formula is C15H20BrNO2. The molecule has 19 heavy (non-hydrogen) atoms. The lowest BCUT2D eigenvalue weighted by atomic mass is 9.82. The van der Waals surface area contributed by atoms with Crippen molar-refractivity contribution in [3.63, 3.8) is 0 Å². The lowest BCUT2D eigenvalue weighted by Crippen LogP contribution is -2.28. The van der Waals surface area contributed by atoms with Crippen LogP contribution in [0.1, 0.15) is 43.5 Å². The van der Waals surface area contributed by atoms with Gasteiger partial charge in [-0.15, -0.1) is 0 Å². The molecule has 2 unspecified atom stereocenters. The van der Waals surface area contributed by atoms with Crippen LogP contribution in [-0.4, -0.2) is 12.1 Å². The molecule has 2 rings (SSSR count). The number of ether oxygens (including phenoxy) is 1. The fraction of sp³-hybridized carbons (Fsp3) is 0.533. The molecule has 0 amide bonds. The first-order chi connectivity index (χ1) is 8.97. The van der Waals surface area contributed by atoms with E-state index in [0.717, 1.165) is 12.8 Å². The molecule has 1 saturated carbocycles. The lowest BCUT2D eigenvalue weighted by molar-refractivity contribution is 0.00797. The number of hydrogen-bond acceptors (Lipinski definition) is 3. The van der Waals surface area contributed by atoms with Gasteiger partial charge in [0.05, 0.1) is 10.0 Å². The monoisotopic (exact) mass is 325 g/mol. The minimum Gasteiger partial charge on any atom is -0.459 e. The Bertz CT molecular complexity index is 465. The molecule has 0 radical (unpaired) electrons. The van der Waals surface area contributed by atoms with Gasteiger partial charge in [-0.2, -0.15) is 0 Å². The zero-order valence-electron chi connectivity index (χ0n) is 11.4. The van der Waals surface area contributed by atoms with Crippen molar-refractivity contribution < 1.29 is 9.53 Å². The quantitative estimate of drug-likeness (QED) is 0.660. The van der Waals surface area contributed by atoms with E-state index in [4.69, 9.17) is 10.5 Å². The number of benzene rings is 1. The topological polar surface area (TPSA) is 52.3 Å². The van der Waals surface area contributed by atoms with Crippen LogP contribution in [0.3, 0.4) is 0 Å². The zero-order chi connectivity index (χ0) is 14.0. The Morgan fingerprint density at radius 1 is 1.26 bits per heavy atom. The maximum absolute atomic E-state index is 12.2. The minimum absolute atomic E-state index is 0.0274. The van der Waals surface area contributed by atoms with Gasteiger partial charge >= 0.3 is 5.97 Å². The van der Waals surface area contributed by atoms with E-state index in [1.807, 2.05) is 0 Å². The van der Waals surface area contributed by atoms with Gasteiger partial charge in [0, 0.05) is 5.69 Å². The normalized spacial score (nSPS) is 27.0. The van der Waals surface area contributed by atoms with Gasteiger partial charge in [0.25, 0.3) is 0 Å². The highest BCUT2D eigenvalue weighted by molar-refractivity contribution is 9.10. The SMILES string of the molecule is CC1CC(C)CC(OC(=O)c2cccc(N)c2Br)C1. The number of nitrogens with two attached hydrogens (primary N) is 1. The molecule has 2 N–H and O–H groups in total. The molecule has 2 atom stereocenters. The highest BCUT2D eigenvalue weighted by atomic mass is 79.9. The van der Waals surface area contributed by atoms with E-state index in [9.17, 15) is 4.79 Å². The summed E-state index contributed by atoms with van der Waals surface area (Å²) in [5.74, 6) is 0.946. The summed E-state index contributed by atoms with van der Waals surface area (Å²) in [6.07, 6.45) is 3.15. The van der Waals surface area contributed by atoms with Crippen LogP contribution >= 0.6 is 15.9 Å². The molecule has 0 saturated heterocycles. The predicted octanol–water partition coefficient (Wildman–Crippen LogP) is 4.01. The van der Waals surface area contributed by atoms with Crippen LogP contribution < -0.4 is 5.73 Å². The van der Waals surface area contributed by atoms with Gasteiger partial charge < -0.3 is 10.5 Å². The minimum atomic E-state index is -0.287. The summed E-state index contributed by atoms with van der Waals surface area (Å²) in [4.78, 5) is 12.2. The van der Waals surface area contributed by atoms with Crippen molar-refractivity contribution >= 4 is 27.6 Å². The molecule has 1 aromatic carbocycles. The van der Waals surface area contributed by atoms with Crippen molar-refractivity contribution in [2.45, 2.75) is 39.2 Å². The number of halogens is 1. The standard InChI is InChI=1S/C15H20BrNO2/c1-9-6-10(2)8-11(7-9)19-15(18)12-4-3-5-13(17)14(12)16/h3-5,9-11H,6-8,17H2,1-2H3. The first-order valence-electron chi connectivity index (χ1n) is 6.72. The van der Waals surface area contributed by atoms with Crippen molar-refractivity contribution in [1.29, 1.82) is 0 Å². The van der Waals surface area contributed by atoms with Gasteiger partial charge in [-0.25, -0.2) is 4.79 Å². The summed E-state index contributed by atoms with van der Waals surface area (Å²) in [6, 6.07) is 5.26. The second-order valence-electron chi connectivity index (χ2n) is 5.65.